The fourth-order valence-electron chi connectivity index (χ4n) is 2.98. The van der Waals surface area contributed by atoms with Gasteiger partial charge in [-0.3, -0.25) is 4.79 Å². The van der Waals surface area contributed by atoms with Gasteiger partial charge in [0, 0.05) is 37.2 Å². The van der Waals surface area contributed by atoms with Crippen molar-refractivity contribution in [2.75, 3.05) is 25.1 Å². The van der Waals surface area contributed by atoms with Crippen LogP contribution in [0.4, 0.5) is 5.69 Å². The number of anilines is 1. The van der Waals surface area contributed by atoms with E-state index in [0.717, 1.165) is 16.9 Å². The maximum Gasteiger partial charge on any atom is 0.251 e. The molecule has 6 heteroatoms. The van der Waals surface area contributed by atoms with Gasteiger partial charge in [0.1, 0.15) is 0 Å². The fourth-order valence-corrected chi connectivity index (χ4v) is 2.98. The minimum absolute atomic E-state index is 0.0892. The largest absolute Gasteiger partial charge is 0.395 e. The highest BCUT2D eigenvalue weighted by molar-refractivity contribution is 5.94. The van der Waals surface area contributed by atoms with E-state index in [9.17, 15) is 4.79 Å². The van der Waals surface area contributed by atoms with Crippen LogP contribution < -0.4 is 10.2 Å². The van der Waals surface area contributed by atoms with Gasteiger partial charge >= 0.3 is 0 Å². The number of nitrogens with zero attached hydrogens (tertiary/aromatic N) is 3. The highest BCUT2D eigenvalue weighted by atomic mass is 16.3. The lowest BCUT2D eigenvalue weighted by atomic mass is 10.1. The molecular formula is C21H24N4O2. The molecule has 0 aliphatic carbocycles. The van der Waals surface area contributed by atoms with Crippen molar-refractivity contribution >= 4 is 11.6 Å². The molecule has 3 rings (SSSR count). The van der Waals surface area contributed by atoms with Crippen LogP contribution in [-0.4, -0.2) is 41.0 Å². The second kappa shape index (κ2) is 8.51. The van der Waals surface area contributed by atoms with Crippen LogP contribution in [0.25, 0.3) is 5.69 Å². The van der Waals surface area contributed by atoms with E-state index in [4.69, 9.17) is 5.11 Å². The summed E-state index contributed by atoms with van der Waals surface area (Å²) in [5, 5.41) is 16.4. The Bertz CT molecular complexity index is 875. The zero-order valence-corrected chi connectivity index (χ0v) is 15.5. The minimum Gasteiger partial charge on any atom is -0.395 e. The molecule has 1 aromatic heterocycles. The lowest BCUT2D eigenvalue weighted by Crippen LogP contribution is -2.27. The Morgan fingerprint density at radius 3 is 2.59 bits per heavy atom. The van der Waals surface area contributed by atoms with Crippen LogP contribution in [0.3, 0.4) is 0 Å². The summed E-state index contributed by atoms with van der Waals surface area (Å²) in [5.41, 5.74) is 3.49. The first kappa shape index (κ1) is 18.7. The molecule has 27 heavy (non-hydrogen) atoms. The van der Waals surface area contributed by atoms with Gasteiger partial charge in [0.15, 0.2) is 0 Å². The third-order valence-electron chi connectivity index (χ3n) is 4.51. The van der Waals surface area contributed by atoms with E-state index in [2.05, 4.69) is 10.4 Å². The maximum atomic E-state index is 12.6. The first-order valence-corrected chi connectivity index (χ1v) is 8.92. The fraction of sp³-hybridized carbons (Fsp3) is 0.238. The van der Waals surface area contributed by atoms with Gasteiger partial charge in [-0.2, -0.15) is 5.10 Å². The third kappa shape index (κ3) is 4.35. The molecule has 1 amide bonds. The Labute approximate surface area is 159 Å². The molecule has 0 aliphatic heterocycles. The molecular weight excluding hydrogens is 340 g/mol. The van der Waals surface area contributed by atoms with Crippen molar-refractivity contribution in [3.63, 3.8) is 0 Å². The topological polar surface area (TPSA) is 70.4 Å². The lowest BCUT2D eigenvalue weighted by molar-refractivity contribution is 0.0940. The number of amides is 1. The van der Waals surface area contributed by atoms with Crippen LogP contribution in [0.5, 0.6) is 0 Å². The van der Waals surface area contributed by atoms with Gasteiger partial charge in [-0.05, 0) is 48.9 Å². The number of carbonyl (C=O) groups is 1. The Hall–Kier alpha value is -3.12. The van der Waals surface area contributed by atoms with Gasteiger partial charge in [-0.15, -0.1) is 0 Å². The summed E-state index contributed by atoms with van der Waals surface area (Å²) < 4.78 is 1.80. The summed E-state index contributed by atoms with van der Waals surface area (Å²) in [6.45, 7) is 2.60. The van der Waals surface area contributed by atoms with Crippen molar-refractivity contribution in [1.82, 2.24) is 15.1 Å². The second-order valence-electron chi connectivity index (χ2n) is 6.40. The van der Waals surface area contributed by atoms with Crippen molar-refractivity contribution in [1.29, 1.82) is 0 Å². The highest BCUT2D eigenvalue weighted by Gasteiger charge is 2.15. The molecule has 140 valence electrons. The van der Waals surface area contributed by atoms with Gasteiger partial charge in [0.25, 0.3) is 5.91 Å². The molecule has 3 aromatic rings. The molecule has 1 atom stereocenters. The number of aliphatic hydroxyl groups is 1. The Morgan fingerprint density at radius 1 is 1.19 bits per heavy atom. The first-order chi connectivity index (χ1) is 13.1. The number of aromatic nitrogens is 2. The number of nitrogens with one attached hydrogen (secondary N) is 1. The summed E-state index contributed by atoms with van der Waals surface area (Å²) in [6.07, 6.45) is 3.62. The number of likely N-dealkylation sites (N-methyl/N-ethyl adjacent to an activating group) is 1. The van der Waals surface area contributed by atoms with Crippen LogP contribution in [0, 0.1) is 0 Å². The zero-order valence-electron chi connectivity index (χ0n) is 15.5. The summed E-state index contributed by atoms with van der Waals surface area (Å²) in [4.78, 5) is 14.6. The average Bonchev–Trinajstić information content (AvgIpc) is 3.23. The van der Waals surface area contributed by atoms with E-state index in [1.807, 2.05) is 67.5 Å². The Kier molecular flexibility index (Phi) is 5.88. The van der Waals surface area contributed by atoms with Crippen molar-refractivity contribution in [3.8, 4) is 5.69 Å². The van der Waals surface area contributed by atoms with Crippen LogP contribution in [0.1, 0.15) is 28.9 Å². The number of aliphatic hydroxyl groups excluding tert-OH is 1. The second-order valence-corrected chi connectivity index (χ2v) is 6.40. The van der Waals surface area contributed by atoms with E-state index < -0.39 is 0 Å². The SMILES string of the molecule is C[C@@H](NC(=O)c1ccc(N(C)CCO)cc1)c1ccccc1-n1cccn1. The standard InChI is InChI=1S/C21H24N4O2/c1-16(19-6-3-4-7-20(19)25-13-5-12-22-25)23-21(27)17-8-10-18(11-9-17)24(2)14-15-26/h3-13,16,26H,14-15H2,1-2H3,(H,23,27)/t16-/m1/s1. The Morgan fingerprint density at radius 2 is 1.93 bits per heavy atom. The predicted octanol–water partition coefficient (Wildman–Crippen LogP) is 2.79. The van der Waals surface area contributed by atoms with Crippen molar-refractivity contribution < 1.29 is 9.90 Å². The molecule has 0 spiro atoms. The summed E-state index contributed by atoms with van der Waals surface area (Å²) in [7, 11) is 1.90. The number of hydrogen-bond acceptors (Lipinski definition) is 4. The number of rotatable bonds is 7. The van der Waals surface area contributed by atoms with Crippen molar-refractivity contribution in [3.05, 3.63) is 78.1 Å². The summed E-state index contributed by atoms with van der Waals surface area (Å²) >= 11 is 0. The maximum absolute atomic E-state index is 12.6. The van der Waals surface area contributed by atoms with Crippen molar-refractivity contribution in [2.24, 2.45) is 0 Å². The molecule has 0 saturated carbocycles. The number of para-hydroxylation sites is 1. The first-order valence-electron chi connectivity index (χ1n) is 8.92. The third-order valence-corrected chi connectivity index (χ3v) is 4.51. The van der Waals surface area contributed by atoms with E-state index in [-0.39, 0.29) is 18.6 Å². The molecule has 2 aromatic carbocycles. The summed E-state index contributed by atoms with van der Waals surface area (Å²) in [6, 6.07) is 16.9. The lowest BCUT2D eigenvalue weighted by Gasteiger charge is -2.19. The monoisotopic (exact) mass is 364 g/mol. The number of benzene rings is 2. The molecule has 0 saturated heterocycles. The Balaban J connectivity index is 1.73. The van der Waals surface area contributed by atoms with Gasteiger partial charge in [0.05, 0.1) is 18.3 Å². The van der Waals surface area contributed by atoms with Crippen LogP contribution in [0.2, 0.25) is 0 Å². The molecule has 0 unspecified atom stereocenters. The molecule has 0 bridgehead atoms. The average molecular weight is 364 g/mol. The van der Waals surface area contributed by atoms with Gasteiger partial charge < -0.3 is 15.3 Å². The molecule has 0 fully saturated rings. The zero-order chi connectivity index (χ0) is 19.2. The molecule has 1 heterocycles. The van der Waals surface area contributed by atoms with E-state index in [0.29, 0.717) is 12.1 Å². The summed E-state index contributed by atoms with van der Waals surface area (Å²) in [5.74, 6) is -0.130. The van der Waals surface area contributed by atoms with Gasteiger partial charge in [0.2, 0.25) is 0 Å². The number of hydrogen-bond donors (Lipinski definition) is 2. The number of carbonyl (C=O) groups excluding carboxylic acids is 1. The molecule has 0 radical (unpaired) electrons. The van der Waals surface area contributed by atoms with Crippen molar-refractivity contribution in [2.45, 2.75) is 13.0 Å². The van der Waals surface area contributed by atoms with Gasteiger partial charge in [-0.25, -0.2) is 4.68 Å². The van der Waals surface area contributed by atoms with E-state index in [1.165, 1.54) is 0 Å². The molecule has 0 aliphatic rings. The molecule has 6 nitrogen and oxygen atoms in total. The smallest absolute Gasteiger partial charge is 0.251 e. The van der Waals surface area contributed by atoms with E-state index >= 15 is 0 Å². The van der Waals surface area contributed by atoms with Gasteiger partial charge in [-0.1, -0.05) is 18.2 Å². The van der Waals surface area contributed by atoms with Crippen LogP contribution in [-0.2, 0) is 0 Å². The van der Waals surface area contributed by atoms with E-state index in [1.54, 1.807) is 23.0 Å². The quantitative estimate of drug-likeness (QED) is 0.676. The minimum atomic E-state index is -0.172. The normalized spacial score (nSPS) is 11.8. The molecule has 2 N–H and O–H groups in total. The van der Waals surface area contributed by atoms with Crippen LogP contribution >= 0.6 is 0 Å². The highest BCUT2D eigenvalue weighted by Crippen LogP contribution is 2.22. The predicted molar refractivity (Wildman–Crippen MR) is 106 cm³/mol. The van der Waals surface area contributed by atoms with Crippen LogP contribution in [0.15, 0.2) is 67.0 Å².